The fraction of sp³-hybridized carbons (Fsp3) is 0.538. The number of sulfonamides is 1. The Labute approximate surface area is 114 Å². The van der Waals surface area contributed by atoms with Gasteiger partial charge < -0.3 is 10.5 Å². The van der Waals surface area contributed by atoms with Gasteiger partial charge in [0.05, 0.1) is 7.11 Å². The smallest absolute Gasteiger partial charge is 0.244 e. The number of hydrogen-bond donors (Lipinski definition) is 2. The van der Waals surface area contributed by atoms with E-state index in [-0.39, 0.29) is 10.9 Å². The van der Waals surface area contributed by atoms with Crippen molar-refractivity contribution in [2.24, 2.45) is 11.7 Å². The Morgan fingerprint density at radius 3 is 2.68 bits per heavy atom. The molecule has 19 heavy (non-hydrogen) atoms. The molecule has 0 aromatic heterocycles. The van der Waals surface area contributed by atoms with Crippen molar-refractivity contribution in [3.8, 4) is 5.75 Å². The molecule has 6 heteroatoms. The molecule has 1 aliphatic carbocycles. The molecule has 0 heterocycles. The average molecular weight is 284 g/mol. The van der Waals surface area contributed by atoms with Crippen molar-refractivity contribution >= 4 is 10.0 Å². The molecule has 1 saturated carbocycles. The molecule has 1 atom stereocenters. The number of methoxy groups -OCH3 is 1. The number of nitrogens with two attached hydrogens (primary N) is 1. The van der Waals surface area contributed by atoms with E-state index in [0.717, 1.165) is 18.4 Å². The van der Waals surface area contributed by atoms with E-state index in [4.69, 9.17) is 10.5 Å². The highest BCUT2D eigenvalue weighted by molar-refractivity contribution is 7.89. The number of benzene rings is 1. The van der Waals surface area contributed by atoms with Gasteiger partial charge in [-0.2, -0.15) is 0 Å². The monoisotopic (exact) mass is 284 g/mol. The van der Waals surface area contributed by atoms with Gasteiger partial charge in [-0.1, -0.05) is 6.07 Å². The van der Waals surface area contributed by atoms with Gasteiger partial charge in [0.15, 0.2) is 0 Å². The molecule has 0 bridgehead atoms. The Morgan fingerprint density at radius 2 is 2.16 bits per heavy atom. The minimum absolute atomic E-state index is 0.0381. The van der Waals surface area contributed by atoms with Crippen LogP contribution in [0.4, 0.5) is 0 Å². The summed E-state index contributed by atoms with van der Waals surface area (Å²) < 4.78 is 32.5. The van der Waals surface area contributed by atoms with E-state index in [9.17, 15) is 8.42 Å². The Hall–Kier alpha value is -1.11. The molecule has 0 amide bonds. The second-order valence-electron chi connectivity index (χ2n) is 4.94. The lowest BCUT2D eigenvalue weighted by Crippen LogP contribution is -2.34. The summed E-state index contributed by atoms with van der Waals surface area (Å²) in [6.45, 7) is 2.25. The lowest BCUT2D eigenvalue weighted by Gasteiger charge is -2.15. The van der Waals surface area contributed by atoms with Crippen LogP contribution < -0.4 is 15.2 Å². The molecule has 1 aromatic carbocycles. The van der Waals surface area contributed by atoms with Gasteiger partial charge in [-0.15, -0.1) is 0 Å². The Kier molecular flexibility index (Phi) is 4.13. The van der Waals surface area contributed by atoms with Crippen molar-refractivity contribution < 1.29 is 13.2 Å². The third-order valence-corrected chi connectivity index (χ3v) is 5.02. The number of nitrogens with one attached hydrogen (secondary N) is 1. The van der Waals surface area contributed by atoms with Crippen molar-refractivity contribution in [2.75, 3.05) is 7.11 Å². The molecule has 5 nitrogen and oxygen atoms in total. The second-order valence-corrected chi connectivity index (χ2v) is 6.62. The van der Waals surface area contributed by atoms with E-state index in [1.165, 1.54) is 7.11 Å². The van der Waals surface area contributed by atoms with E-state index in [2.05, 4.69) is 4.72 Å². The molecule has 1 fully saturated rings. The summed E-state index contributed by atoms with van der Waals surface area (Å²) in [4.78, 5) is 0.166. The molecule has 0 radical (unpaired) electrons. The molecule has 1 aromatic rings. The van der Waals surface area contributed by atoms with Crippen LogP contribution in [0.25, 0.3) is 0 Å². The standard InChI is InChI=1S/C13H20N2O3S/c1-9(11-4-5-11)15-19(16,17)13-6-3-10(8-14)7-12(13)18-2/h3,6-7,9,11,15H,4-5,8,14H2,1-2H3. The normalized spacial score (nSPS) is 17.2. The maximum absolute atomic E-state index is 12.3. The molecule has 1 unspecified atom stereocenters. The van der Waals surface area contributed by atoms with Gasteiger partial charge in [0.1, 0.15) is 10.6 Å². The first-order valence-corrected chi connectivity index (χ1v) is 7.85. The minimum atomic E-state index is -3.55. The van der Waals surface area contributed by atoms with E-state index in [1.807, 2.05) is 6.92 Å². The first-order chi connectivity index (χ1) is 8.97. The van der Waals surface area contributed by atoms with Crippen LogP contribution in [-0.4, -0.2) is 21.6 Å². The zero-order valence-corrected chi connectivity index (χ0v) is 12.0. The average Bonchev–Trinajstić information content (AvgIpc) is 3.21. The van der Waals surface area contributed by atoms with Crippen molar-refractivity contribution in [2.45, 2.75) is 37.2 Å². The fourth-order valence-corrected chi connectivity index (χ4v) is 3.52. The summed E-state index contributed by atoms with van der Waals surface area (Å²) >= 11 is 0. The highest BCUT2D eigenvalue weighted by Crippen LogP contribution is 2.33. The molecule has 3 N–H and O–H groups in total. The molecule has 0 spiro atoms. The highest BCUT2D eigenvalue weighted by atomic mass is 32.2. The largest absolute Gasteiger partial charge is 0.495 e. The summed E-state index contributed by atoms with van der Waals surface area (Å²) in [5.41, 5.74) is 6.38. The SMILES string of the molecule is COc1cc(CN)ccc1S(=O)(=O)NC(C)C1CC1. The Balaban J connectivity index is 2.28. The predicted octanol–water partition coefficient (Wildman–Crippen LogP) is 1.23. The summed E-state index contributed by atoms with van der Waals surface area (Å²) in [5.74, 6) is 0.794. The van der Waals surface area contributed by atoms with Crippen LogP contribution in [0, 0.1) is 5.92 Å². The van der Waals surface area contributed by atoms with Gasteiger partial charge in [0.25, 0.3) is 0 Å². The molecule has 106 valence electrons. The van der Waals surface area contributed by atoms with Crippen LogP contribution in [0.5, 0.6) is 5.75 Å². The first-order valence-electron chi connectivity index (χ1n) is 6.37. The van der Waals surface area contributed by atoms with E-state index >= 15 is 0 Å². The first kappa shape index (κ1) is 14.3. The molecular formula is C13H20N2O3S. The molecule has 0 aliphatic heterocycles. The quantitative estimate of drug-likeness (QED) is 0.823. The number of rotatable bonds is 6. The van der Waals surface area contributed by atoms with E-state index in [1.54, 1.807) is 18.2 Å². The Bertz CT molecular complexity index is 553. The van der Waals surface area contributed by atoms with Crippen molar-refractivity contribution in [1.29, 1.82) is 0 Å². The number of ether oxygens (including phenoxy) is 1. The van der Waals surface area contributed by atoms with Crippen molar-refractivity contribution in [1.82, 2.24) is 4.72 Å². The Morgan fingerprint density at radius 1 is 1.47 bits per heavy atom. The number of hydrogen-bond acceptors (Lipinski definition) is 4. The lowest BCUT2D eigenvalue weighted by atomic mass is 10.2. The molecular weight excluding hydrogens is 264 g/mol. The van der Waals surface area contributed by atoms with Gasteiger partial charge in [0, 0.05) is 12.6 Å². The third kappa shape index (κ3) is 3.26. The van der Waals surface area contributed by atoms with Gasteiger partial charge in [-0.05, 0) is 43.4 Å². The van der Waals surface area contributed by atoms with Crippen molar-refractivity contribution in [3.05, 3.63) is 23.8 Å². The minimum Gasteiger partial charge on any atom is -0.495 e. The van der Waals surface area contributed by atoms with Crippen LogP contribution in [0.2, 0.25) is 0 Å². The van der Waals surface area contributed by atoms with Gasteiger partial charge in [-0.25, -0.2) is 13.1 Å². The summed E-state index contributed by atoms with van der Waals surface area (Å²) in [6, 6.07) is 4.88. The summed E-state index contributed by atoms with van der Waals surface area (Å²) in [6.07, 6.45) is 2.18. The van der Waals surface area contributed by atoms with E-state index < -0.39 is 10.0 Å². The highest BCUT2D eigenvalue weighted by Gasteiger charge is 2.32. The third-order valence-electron chi connectivity index (χ3n) is 3.42. The second kappa shape index (κ2) is 5.48. The maximum atomic E-state index is 12.3. The van der Waals surface area contributed by atoms with Gasteiger partial charge >= 0.3 is 0 Å². The molecule has 2 rings (SSSR count). The summed E-state index contributed by atoms with van der Waals surface area (Å²) in [5, 5.41) is 0. The lowest BCUT2D eigenvalue weighted by molar-refractivity contribution is 0.401. The van der Waals surface area contributed by atoms with Crippen LogP contribution >= 0.6 is 0 Å². The predicted molar refractivity (Wildman–Crippen MR) is 73.4 cm³/mol. The van der Waals surface area contributed by atoms with E-state index in [0.29, 0.717) is 18.2 Å². The van der Waals surface area contributed by atoms with Crippen molar-refractivity contribution in [3.63, 3.8) is 0 Å². The zero-order chi connectivity index (χ0) is 14.0. The van der Waals surface area contributed by atoms with Crippen LogP contribution in [0.3, 0.4) is 0 Å². The molecule has 1 aliphatic rings. The van der Waals surface area contributed by atoms with Crippen LogP contribution in [0.15, 0.2) is 23.1 Å². The van der Waals surface area contributed by atoms with Crippen LogP contribution in [0.1, 0.15) is 25.3 Å². The molecule has 0 saturated heterocycles. The van der Waals surface area contributed by atoms with Gasteiger partial charge in [0.2, 0.25) is 10.0 Å². The zero-order valence-electron chi connectivity index (χ0n) is 11.2. The van der Waals surface area contributed by atoms with Gasteiger partial charge in [-0.3, -0.25) is 0 Å². The van der Waals surface area contributed by atoms with Crippen LogP contribution in [-0.2, 0) is 16.6 Å². The fourth-order valence-electron chi connectivity index (χ4n) is 2.06. The topological polar surface area (TPSA) is 81.4 Å². The summed E-state index contributed by atoms with van der Waals surface area (Å²) in [7, 11) is -2.09. The maximum Gasteiger partial charge on any atom is 0.244 e.